The highest BCUT2D eigenvalue weighted by atomic mass is 35.5. The number of rotatable bonds is 5. The van der Waals surface area contributed by atoms with Gasteiger partial charge in [0.15, 0.2) is 0 Å². The van der Waals surface area contributed by atoms with Crippen LogP contribution in [0.2, 0.25) is 5.02 Å². The van der Waals surface area contributed by atoms with Crippen LogP contribution in [-0.4, -0.2) is 40.6 Å². The molecule has 3 N–H and O–H groups in total. The molecule has 0 aliphatic carbocycles. The van der Waals surface area contributed by atoms with Crippen LogP contribution in [0.25, 0.3) is 0 Å². The van der Waals surface area contributed by atoms with Crippen LogP contribution in [-0.2, 0) is 6.54 Å². The maximum Gasteiger partial charge on any atom is 0.272 e. The Kier molecular flexibility index (Phi) is 5.56. The number of amides is 1. The van der Waals surface area contributed by atoms with Crippen molar-refractivity contribution in [3.05, 3.63) is 52.8 Å². The molecule has 1 aliphatic rings. The molecule has 5 nitrogen and oxygen atoms in total. The van der Waals surface area contributed by atoms with Gasteiger partial charge in [-0.15, -0.1) is 0 Å². The van der Waals surface area contributed by atoms with Gasteiger partial charge < -0.3 is 15.4 Å². The number of hydrogen-bond acceptors (Lipinski definition) is 3. The number of H-pyrrole nitrogens is 1. The lowest BCUT2D eigenvalue weighted by Crippen LogP contribution is -2.34. The molecule has 2 heterocycles. The second kappa shape index (κ2) is 7.83. The number of aliphatic hydroxyl groups is 1. The van der Waals surface area contributed by atoms with Crippen LogP contribution in [0.3, 0.4) is 0 Å². The summed E-state index contributed by atoms with van der Waals surface area (Å²) < 4.78 is 0. The monoisotopic (exact) mass is 347 g/mol. The van der Waals surface area contributed by atoms with Crippen molar-refractivity contribution in [1.29, 1.82) is 0 Å². The Morgan fingerprint density at radius 2 is 2.12 bits per heavy atom. The summed E-state index contributed by atoms with van der Waals surface area (Å²) in [7, 11) is 0. The second-order valence-electron chi connectivity index (χ2n) is 6.29. The van der Waals surface area contributed by atoms with Crippen molar-refractivity contribution in [2.75, 3.05) is 25.0 Å². The molecular formula is C18H22ClN3O2. The van der Waals surface area contributed by atoms with E-state index in [0.717, 1.165) is 38.2 Å². The molecule has 0 spiro atoms. The van der Waals surface area contributed by atoms with Gasteiger partial charge in [0.2, 0.25) is 0 Å². The average molecular weight is 348 g/mol. The van der Waals surface area contributed by atoms with Gasteiger partial charge >= 0.3 is 0 Å². The van der Waals surface area contributed by atoms with Crippen LogP contribution in [0.15, 0.2) is 36.5 Å². The fourth-order valence-electron chi connectivity index (χ4n) is 3.03. The standard InChI is InChI=1S/C18H22ClN3O2/c19-15-9-17(20-10-15)18(24)21-16-3-1-2-14(8-16)11-22-6-4-13(12-23)5-7-22/h1-3,8-10,13,20,23H,4-7,11-12H2,(H,21,24). The molecule has 1 fully saturated rings. The number of aromatic nitrogens is 1. The molecule has 1 saturated heterocycles. The normalized spacial score (nSPS) is 16.2. The number of piperidine rings is 1. The van der Waals surface area contributed by atoms with Crippen LogP contribution < -0.4 is 5.32 Å². The summed E-state index contributed by atoms with van der Waals surface area (Å²) in [6.07, 6.45) is 3.67. The summed E-state index contributed by atoms with van der Waals surface area (Å²) in [6, 6.07) is 9.50. The van der Waals surface area contributed by atoms with Crippen LogP contribution in [0.1, 0.15) is 28.9 Å². The number of nitrogens with zero attached hydrogens (tertiary/aromatic N) is 1. The Morgan fingerprint density at radius 1 is 1.33 bits per heavy atom. The molecule has 1 aliphatic heterocycles. The van der Waals surface area contributed by atoms with E-state index < -0.39 is 0 Å². The molecule has 0 atom stereocenters. The lowest BCUT2D eigenvalue weighted by Gasteiger charge is -2.31. The summed E-state index contributed by atoms with van der Waals surface area (Å²) in [5.74, 6) is 0.238. The largest absolute Gasteiger partial charge is 0.396 e. The zero-order chi connectivity index (χ0) is 16.9. The highest BCUT2D eigenvalue weighted by molar-refractivity contribution is 6.31. The maximum atomic E-state index is 12.2. The summed E-state index contributed by atoms with van der Waals surface area (Å²) in [4.78, 5) is 17.4. The lowest BCUT2D eigenvalue weighted by molar-refractivity contribution is 0.102. The van der Waals surface area contributed by atoms with E-state index in [9.17, 15) is 9.90 Å². The van der Waals surface area contributed by atoms with Crippen LogP contribution >= 0.6 is 11.6 Å². The molecule has 1 aromatic heterocycles. The first-order valence-electron chi connectivity index (χ1n) is 8.21. The van der Waals surface area contributed by atoms with Crippen LogP contribution in [0.5, 0.6) is 0 Å². The van der Waals surface area contributed by atoms with Crippen LogP contribution in [0.4, 0.5) is 5.69 Å². The third kappa shape index (κ3) is 4.38. The molecule has 0 saturated carbocycles. The van der Waals surface area contributed by atoms with E-state index >= 15 is 0 Å². The summed E-state index contributed by atoms with van der Waals surface area (Å²) in [5, 5.41) is 12.6. The minimum absolute atomic E-state index is 0.206. The maximum absolute atomic E-state index is 12.2. The van der Waals surface area contributed by atoms with Crippen molar-refractivity contribution in [2.24, 2.45) is 5.92 Å². The summed E-state index contributed by atoms with van der Waals surface area (Å²) >= 11 is 5.83. The first-order chi connectivity index (χ1) is 11.6. The van der Waals surface area contributed by atoms with Gasteiger partial charge in [-0.25, -0.2) is 0 Å². The number of aromatic amines is 1. The topological polar surface area (TPSA) is 68.4 Å². The zero-order valence-electron chi connectivity index (χ0n) is 13.5. The van der Waals surface area contributed by atoms with Gasteiger partial charge in [-0.2, -0.15) is 0 Å². The van der Waals surface area contributed by atoms with Crippen molar-refractivity contribution < 1.29 is 9.90 Å². The zero-order valence-corrected chi connectivity index (χ0v) is 14.2. The SMILES string of the molecule is O=C(Nc1cccc(CN2CCC(CO)CC2)c1)c1cc(Cl)c[nH]1. The van der Waals surface area contributed by atoms with Gasteiger partial charge in [0.25, 0.3) is 5.91 Å². The Hall–Kier alpha value is -1.82. The number of carbonyl (C=O) groups excluding carboxylic acids is 1. The van der Waals surface area contributed by atoms with Gasteiger partial charge in [-0.05, 0) is 55.6 Å². The Balaban J connectivity index is 1.59. The summed E-state index contributed by atoms with van der Waals surface area (Å²) in [6.45, 7) is 3.15. The highest BCUT2D eigenvalue weighted by Crippen LogP contribution is 2.20. The molecule has 0 unspecified atom stereocenters. The fraction of sp³-hybridized carbons (Fsp3) is 0.389. The second-order valence-corrected chi connectivity index (χ2v) is 6.72. The fourth-order valence-corrected chi connectivity index (χ4v) is 3.19. The predicted molar refractivity (Wildman–Crippen MR) is 95.3 cm³/mol. The number of carbonyl (C=O) groups is 1. The van der Waals surface area contributed by atoms with Gasteiger partial charge in [0, 0.05) is 25.0 Å². The molecule has 6 heteroatoms. The Labute approximate surface area is 146 Å². The molecule has 1 amide bonds. The lowest BCUT2D eigenvalue weighted by atomic mass is 9.97. The molecule has 0 radical (unpaired) electrons. The number of nitrogens with one attached hydrogen (secondary N) is 2. The average Bonchev–Trinajstić information content (AvgIpc) is 3.02. The molecule has 0 bridgehead atoms. The quantitative estimate of drug-likeness (QED) is 0.778. The summed E-state index contributed by atoms with van der Waals surface area (Å²) in [5.41, 5.74) is 2.38. The first-order valence-corrected chi connectivity index (χ1v) is 8.59. The number of hydrogen-bond donors (Lipinski definition) is 3. The Bertz CT molecular complexity index is 693. The van der Waals surface area contributed by atoms with Crippen LogP contribution in [0, 0.1) is 5.92 Å². The third-order valence-corrected chi connectivity index (χ3v) is 4.67. The third-order valence-electron chi connectivity index (χ3n) is 4.45. The van der Waals surface area contributed by atoms with Gasteiger partial charge in [0.05, 0.1) is 5.02 Å². The van der Waals surface area contributed by atoms with E-state index in [1.165, 1.54) is 5.56 Å². The highest BCUT2D eigenvalue weighted by Gasteiger charge is 2.18. The van der Waals surface area contributed by atoms with Gasteiger partial charge in [-0.3, -0.25) is 9.69 Å². The van der Waals surface area contributed by atoms with E-state index in [-0.39, 0.29) is 12.5 Å². The predicted octanol–water partition coefficient (Wildman–Crippen LogP) is 3.12. The molecule has 3 rings (SSSR count). The smallest absolute Gasteiger partial charge is 0.272 e. The number of anilines is 1. The van der Waals surface area contributed by atoms with Crippen molar-refractivity contribution in [2.45, 2.75) is 19.4 Å². The van der Waals surface area contributed by atoms with Gasteiger partial charge in [0.1, 0.15) is 5.69 Å². The molecular weight excluding hydrogens is 326 g/mol. The van der Waals surface area contributed by atoms with Crippen molar-refractivity contribution in [1.82, 2.24) is 9.88 Å². The van der Waals surface area contributed by atoms with Crippen molar-refractivity contribution in [3.8, 4) is 0 Å². The minimum Gasteiger partial charge on any atom is -0.396 e. The van der Waals surface area contributed by atoms with Crippen molar-refractivity contribution >= 4 is 23.2 Å². The Morgan fingerprint density at radius 3 is 2.79 bits per heavy atom. The van der Waals surface area contributed by atoms with Crippen molar-refractivity contribution in [3.63, 3.8) is 0 Å². The number of halogens is 1. The molecule has 2 aromatic rings. The van der Waals surface area contributed by atoms with E-state index in [2.05, 4.69) is 21.3 Å². The molecule has 1 aromatic carbocycles. The molecule has 128 valence electrons. The van der Waals surface area contributed by atoms with E-state index in [0.29, 0.717) is 16.6 Å². The number of benzene rings is 1. The number of aliphatic hydroxyl groups excluding tert-OH is 1. The van der Waals surface area contributed by atoms with E-state index in [1.54, 1.807) is 12.3 Å². The first kappa shape index (κ1) is 17.0. The van der Waals surface area contributed by atoms with E-state index in [4.69, 9.17) is 11.6 Å². The van der Waals surface area contributed by atoms with Gasteiger partial charge in [-0.1, -0.05) is 23.7 Å². The number of likely N-dealkylation sites (tertiary alicyclic amines) is 1. The minimum atomic E-state index is -0.206. The van der Waals surface area contributed by atoms with E-state index in [1.807, 2.05) is 18.2 Å². The molecule has 24 heavy (non-hydrogen) atoms.